The Morgan fingerprint density at radius 1 is 1.45 bits per heavy atom. The minimum absolute atomic E-state index is 0.0206. The van der Waals surface area contributed by atoms with Gasteiger partial charge in [-0.1, -0.05) is 0 Å². The predicted molar refractivity (Wildman–Crippen MR) is 86.0 cm³/mol. The van der Waals surface area contributed by atoms with E-state index in [1.807, 2.05) is 6.20 Å². The summed E-state index contributed by atoms with van der Waals surface area (Å²) in [7, 11) is 1.63. The Hall–Kier alpha value is -1.69. The Balaban J connectivity index is 2.01. The van der Waals surface area contributed by atoms with Crippen LogP contribution in [-0.2, 0) is 22.4 Å². The number of amides is 1. The van der Waals surface area contributed by atoms with Crippen LogP contribution in [0.15, 0.2) is 6.20 Å². The molecule has 2 rings (SSSR count). The van der Waals surface area contributed by atoms with Gasteiger partial charge in [-0.2, -0.15) is 0 Å². The average Bonchev–Trinajstić information content (AvgIpc) is 2.55. The molecular weight excluding hydrogens is 280 g/mol. The molecule has 0 radical (unpaired) electrons. The van der Waals surface area contributed by atoms with Crippen molar-refractivity contribution in [3.05, 3.63) is 17.5 Å². The van der Waals surface area contributed by atoms with Crippen LogP contribution in [-0.4, -0.2) is 49.2 Å². The van der Waals surface area contributed by atoms with Crippen LogP contribution in [0.25, 0.3) is 0 Å². The fourth-order valence-electron chi connectivity index (χ4n) is 2.80. The number of nitrogens with zero attached hydrogens (tertiary/aromatic N) is 3. The van der Waals surface area contributed by atoms with Gasteiger partial charge in [0.15, 0.2) is 0 Å². The summed E-state index contributed by atoms with van der Waals surface area (Å²) in [6, 6.07) is 0. The second-order valence-electron chi connectivity index (χ2n) is 5.54. The number of nitrogens with one attached hydrogen (secondary N) is 1. The highest BCUT2D eigenvalue weighted by molar-refractivity contribution is 5.79. The van der Waals surface area contributed by atoms with E-state index in [0.717, 1.165) is 49.6 Å². The summed E-state index contributed by atoms with van der Waals surface area (Å²) < 4.78 is 4.95. The van der Waals surface area contributed by atoms with Gasteiger partial charge < -0.3 is 15.0 Å². The maximum Gasteiger partial charge on any atom is 0.225 e. The highest BCUT2D eigenvalue weighted by Crippen LogP contribution is 2.25. The molecule has 6 nitrogen and oxygen atoms in total. The first-order valence-electron chi connectivity index (χ1n) is 8.05. The van der Waals surface area contributed by atoms with Gasteiger partial charge in [0.1, 0.15) is 0 Å². The molecule has 0 saturated heterocycles. The second kappa shape index (κ2) is 8.08. The standard InChI is InChI=1S/C16H26N4O2/c1-4-20(5-2)16-18-11-13-10-12(6-7-14(13)19-16)15(21)17-8-9-22-3/h11-12H,4-10H2,1-3H3,(H,17,21). The number of methoxy groups -OCH3 is 1. The van der Waals surface area contributed by atoms with E-state index in [9.17, 15) is 4.79 Å². The van der Waals surface area contributed by atoms with Crippen LogP contribution in [0.5, 0.6) is 0 Å². The average molecular weight is 306 g/mol. The molecule has 0 fully saturated rings. The van der Waals surface area contributed by atoms with Crippen molar-refractivity contribution in [3.8, 4) is 0 Å². The van der Waals surface area contributed by atoms with Gasteiger partial charge in [-0.25, -0.2) is 9.97 Å². The van der Waals surface area contributed by atoms with Crippen molar-refractivity contribution in [3.63, 3.8) is 0 Å². The minimum atomic E-state index is 0.0206. The molecule has 0 saturated carbocycles. The lowest BCUT2D eigenvalue weighted by molar-refractivity contribution is -0.125. The number of fused-ring (bicyclic) bond motifs is 1. The monoisotopic (exact) mass is 306 g/mol. The fourth-order valence-corrected chi connectivity index (χ4v) is 2.80. The molecule has 6 heteroatoms. The van der Waals surface area contributed by atoms with Crippen molar-refractivity contribution in [2.75, 3.05) is 38.3 Å². The third-order valence-electron chi connectivity index (χ3n) is 4.16. The third-order valence-corrected chi connectivity index (χ3v) is 4.16. The minimum Gasteiger partial charge on any atom is -0.383 e. The first-order valence-corrected chi connectivity index (χ1v) is 8.05. The number of rotatable bonds is 7. The Bertz CT molecular complexity index is 503. The van der Waals surface area contributed by atoms with Crippen molar-refractivity contribution >= 4 is 11.9 Å². The van der Waals surface area contributed by atoms with Gasteiger partial charge >= 0.3 is 0 Å². The molecule has 1 aromatic heterocycles. The molecule has 0 spiro atoms. The molecule has 122 valence electrons. The summed E-state index contributed by atoms with van der Waals surface area (Å²) in [5.74, 6) is 0.925. The zero-order valence-electron chi connectivity index (χ0n) is 13.8. The number of hydrogen-bond acceptors (Lipinski definition) is 5. The number of ether oxygens (including phenoxy) is 1. The summed E-state index contributed by atoms with van der Waals surface area (Å²) in [6.45, 7) is 7.13. The number of carbonyl (C=O) groups is 1. The molecule has 1 N–H and O–H groups in total. The number of hydrogen-bond donors (Lipinski definition) is 1. The third kappa shape index (κ3) is 3.94. The van der Waals surface area contributed by atoms with Crippen LogP contribution in [0.3, 0.4) is 0 Å². The second-order valence-corrected chi connectivity index (χ2v) is 5.54. The van der Waals surface area contributed by atoms with Gasteiger partial charge in [0.05, 0.1) is 6.61 Å². The molecule has 1 heterocycles. The summed E-state index contributed by atoms with van der Waals surface area (Å²) in [4.78, 5) is 23.4. The van der Waals surface area contributed by atoms with Crippen molar-refractivity contribution in [2.45, 2.75) is 33.1 Å². The van der Waals surface area contributed by atoms with Gasteiger partial charge in [0, 0.05) is 44.6 Å². The van der Waals surface area contributed by atoms with Crippen LogP contribution in [0.4, 0.5) is 5.95 Å². The van der Waals surface area contributed by atoms with Crippen molar-refractivity contribution < 1.29 is 9.53 Å². The van der Waals surface area contributed by atoms with Crippen LogP contribution >= 0.6 is 0 Å². The van der Waals surface area contributed by atoms with Gasteiger partial charge in [-0.3, -0.25) is 4.79 Å². The molecule has 22 heavy (non-hydrogen) atoms. The summed E-state index contributed by atoms with van der Waals surface area (Å²) >= 11 is 0. The van der Waals surface area contributed by atoms with E-state index in [0.29, 0.717) is 13.2 Å². The SMILES string of the molecule is CCN(CC)c1ncc2c(n1)CCC(C(=O)NCCOC)C2. The molecule has 0 aliphatic heterocycles. The van der Waals surface area contributed by atoms with Crippen molar-refractivity contribution in [1.82, 2.24) is 15.3 Å². The lowest BCUT2D eigenvalue weighted by Gasteiger charge is -2.25. The topological polar surface area (TPSA) is 67.4 Å². The lowest BCUT2D eigenvalue weighted by Crippen LogP contribution is -2.36. The number of carbonyl (C=O) groups excluding carboxylic acids is 1. The molecule has 1 unspecified atom stereocenters. The molecular formula is C16H26N4O2. The fraction of sp³-hybridized carbons (Fsp3) is 0.688. The largest absolute Gasteiger partial charge is 0.383 e. The molecule has 1 aliphatic rings. The van der Waals surface area contributed by atoms with E-state index in [2.05, 4.69) is 34.0 Å². The van der Waals surface area contributed by atoms with Crippen LogP contribution in [0, 0.1) is 5.92 Å². The molecule has 1 aliphatic carbocycles. The lowest BCUT2D eigenvalue weighted by atomic mass is 9.87. The maximum atomic E-state index is 12.1. The van der Waals surface area contributed by atoms with Crippen LogP contribution < -0.4 is 10.2 Å². The van der Waals surface area contributed by atoms with E-state index < -0.39 is 0 Å². The van der Waals surface area contributed by atoms with Gasteiger partial charge in [0.2, 0.25) is 11.9 Å². The Labute approximate surface area is 132 Å². The number of anilines is 1. The smallest absolute Gasteiger partial charge is 0.225 e. The highest BCUT2D eigenvalue weighted by Gasteiger charge is 2.26. The Morgan fingerprint density at radius 3 is 2.91 bits per heavy atom. The van der Waals surface area contributed by atoms with E-state index in [4.69, 9.17) is 4.74 Å². The zero-order valence-corrected chi connectivity index (χ0v) is 13.8. The van der Waals surface area contributed by atoms with Crippen molar-refractivity contribution in [2.24, 2.45) is 5.92 Å². The molecule has 0 bridgehead atoms. The highest BCUT2D eigenvalue weighted by atomic mass is 16.5. The maximum absolute atomic E-state index is 12.1. The molecule has 1 atom stereocenters. The first kappa shape index (κ1) is 16.7. The number of aryl methyl sites for hydroxylation is 1. The Kier molecular flexibility index (Phi) is 6.12. The van der Waals surface area contributed by atoms with Crippen LogP contribution in [0.1, 0.15) is 31.5 Å². The Morgan fingerprint density at radius 2 is 2.23 bits per heavy atom. The number of aromatic nitrogens is 2. The van der Waals surface area contributed by atoms with E-state index in [1.54, 1.807) is 7.11 Å². The first-order chi connectivity index (χ1) is 10.7. The summed E-state index contributed by atoms with van der Waals surface area (Å²) in [6.07, 6.45) is 4.31. The van der Waals surface area contributed by atoms with Crippen molar-refractivity contribution in [1.29, 1.82) is 0 Å². The van der Waals surface area contributed by atoms with E-state index in [-0.39, 0.29) is 11.8 Å². The zero-order chi connectivity index (χ0) is 15.9. The molecule has 1 aromatic rings. The van der Waals surface area contributed by atoms with Gasteiger partial charge in [-0.05, 0) is 38.7 Å². The van der Waals surface area contributed by atoms with Crippen LogP contribution in [0.2, 0.25) is 0 Å². The predicted octanol–water partition coefficient (Wildman–Crippen LogP) is 1.19. The van der Waals surface area contributed by atoms with Gasteiger partial charge in [-0.15, -0.1) is 0 Å². The van der Waals surface area contributed by atoms with Gasteiger partial charge in [0.25, 0.3) is 0 Å². The van der Waals surface area contributed by atoms with E-state index in [1.165, 1.54) is 0 Å². The normalized spacial score (nSPS) is 17.0. The molecule has 0 aromatic carbocycles. The quantitative estimate of drug-likeness (QED) is 0.767. The molecule has 1 amide bonds. The summed E-state index contributed by atoms with van der Waals surface area (Å²) in [5.41, 5.74) is 2.20. The summed E-state index contributed by atoms with van der Waals surface area (Å²) in [5, 5.41) is 2.92. The van der Waals surface area contributed by atoms with E-state index >= 15 is 0 Å².